The van der Waals surface area contributed by atoms with Crippen LogP contribution in [0.2, 0.25) is 0 Å². The summed E-state index contributed by atoms with van der Waals surface area (Å²) in [6, 6.07) is -1.38. The van der Waals surface area contributed by atoms with Crippen LogP contribution in [0, 0.1) is 0 Å². The molecule has 1 aliphatic rings. The number of carbonyl (C=O) groups excluding carboxylic acids is 2. The van der Waals surface area contributed by atoms with Crippen molar-refractivity contribution in [1.29, 1.82) is 0 Å². The molecular weight excluding hydrogens is 224 g/mol. The van der Waals surface area contributed by atoms with Gasteiger partial charge in [0.05, 0.1) is 0 Å². The van der Waals surface area contributed by atoms with E-state index in [1.54, 1.807) is 0 Å². The molecule has 1 saturated heterocycles. The van der Waals surface area contributed by atoms with Gasteiger partial charge in [-0.25, -0.2) is 9.59 Å². The number of amides is 4. The van der Waals surface area contributed by atoms with Gasteiger partial charge in [0.15, 0.2) is 12.5 Å². The van der Waals surface area contributed by atoms with Crippen molar-refractivity contribution in [3.8, 4) is 0 Å². The van der Waals surface area contributed by atoms with Crippen molar-refractivity contribution in [2.45, 2.75) is 12.5 Å². The summed E-state index contributed by atoms with van der Waals surface area (Å²) in [5.74, 6) is 0. The summed E-state index contributed by atoms with van der Waals surface area (Å²) in [5, 5.41) is 36.0. The molecule has 1 heterocycles. The highest BCUT2D eigenvalue weighted by atomic mass is 16.4. The molecular formula is C6H14N4O6. The number of rotatable bonds is 0. The summed E-state index contributed by atoms with van der Waals surface area (Å²) in [7, 11) is 0. The topological polar surface area (TPSA) is 191 Å². The molecule has 0 bridgehead atoms. The molecule has 0 aromatic heterocycles. The van der Waals surface area contributed by atoms with E-state index < -0.39 is 24.5 Å². The molecule has 4 amide bonds. The normalized spacial score (nSPS) is 22.0. The van der Waals surface area contributed by atoms with Crippen molar-refractivity contribution < 1.29 is 30.0 Å². The molecule has 0 saturated carbocycles. The predicted octanol–water partition coefficient (Wildman–Crippen LogP) is -2.47. The Bertz CT molecular complexity index is 225. The fraction of sp³-hybridized carbons (Fsp3) is 0.333. The zero-order chi connectivity index (χ0) is 13.1. The Morgan fingerprint density at radius 2 is 1.38 bits per heavy atom. The van der Waals surface area contributed by atoms with Crippen LogP contribution in [0.25, 0.3) is 0 Å². The van der Waals surface area contributed by atoms with E-state index in [0.29, 0.717) is 12.5 Å². The zero-order valence-electron chi connectivity index (χ0n) is 8.07. The summed E-state index contributed by atoms with van der Waals surface area (Å²) in [5.41, 5.74) is 8.50. The maximum atomic E-state index is 10.1. The Morgan fingerprint density at radius 1 is 1.12 bits per heavy atom. The average Bonchev–Trinajstić information content (AvgIpc) is 2.44. The molecule has 0 radical (unpaired) electrons. The Balaban J connectivity index is 0. The van der Waals surface area contributed by atoms with Gasteiger partial charge in [-0.3, -0.25) is 0 Å². The van der Waals surface area contributed by atoms with Crippen molar-refractivity contribution in [3.63, 3.8) is 0 Å². The number of aliphatic hydroxyl groups is 4. The fourth-order valence-electron chi connectivity index (χ4n) is 0.468. The van der Waals surface area contributed by atoms with Crippen LogP contribution >= 0.6 is 0 Å². The van der Waals surface area contributed by atoms with Crippen LogP contribution in [-0.4, -0.2) is 44.9 Å². The van der Waals surface area contributed by atoms with E-state index in [1.807, 2.05) is 10.6 Å². The molecule has 0 aromatic rings. The molecule has 0 aromatic carbocycles. The van der Waals surface area contributed by atoms with Crippen LogP contribution in [-0.2, 0) is 0 Å². The number of nitrogens with one attached hydrogen (secondary N) is 2. The van der Waals surface area contributed by atoms with Crippen molar-refractivity contribution in [1.82, 2.24) is 10.6 Å². The van der Waals surface area contributed by atoms with Crippen molar-refractivity contribution in [2.75, 3.05) is 0 Å². The van der Waals surface area contributed by atoms with Gasteiger partial charge in [-0.05, 0) is 0 Å². The van der Waals surface area contributed by atoms with Crippen LogP contribution in [0.5, 0.6) is 0 Å². The van der Waals surface area contributed by atoms with E-state index in [0.717, 1.165) is 0 Å². The van der Waals surface area contributed by atoms with Gasteiger partial charge in [-0.2, -0.15) is 0 Å². The smallest absolute Gasteiger partial charge is 0.319 e. The first-order chi connectivity index (χ1) is 7.34. The average molecular weight is 238 g/mol. The molecule has 2 unspecified atom stereocenters. The minimum atomic E-state index is -1.16. The summed E-state index contributed by atoms with van der Waals surface area (Å²) < 4.78 is 0. The molecule has 10 heteroatoms. The lowest BCUT2D eigenvalue weighted by Gasteiger charge is -2.02. The predicted molar refractivity (Wildman–Crippen MR) is 51.8 cm³/mol. The van der Waals surface area contributed by atoms with Gasteiger partial charge in [0.2, 0.25) is 0 Å². The van der Waals surface area contributed by atoms with E-state index in [-0.39, 0.29) is 0 Å². The lowest BCUT2D eigenvalue weighted by molar-refractivity contribution is 0.0215. The number of hydrogen-bond donors (Lipinski definition) is 8. The minimum absolute atomic E-state index is 0.551. The van der Waals surface area contributed by atoms with E-state index in [1.165, 1.54) is 0 Å². The summed E-state index contributed by atoms with van der Waals surface area (Å²) in [6.07, 6.45) is -1.22. The van der Waals surface area contributed by atoms with E-state index in [9.17, 15) is 4.79 Å². The van der Waals surface area contributed by atoms with Gasteiger partial charge in [0, 0.05) is 0 Å². The largest absolute Gasteiger partial charge is 0.512 e. The van der Waals surface area contributed by atoms with Gasteiger partial charge < -0.3 is 42.5 Å². The molecule has 1 fully saturated rings. The van der Waals surface area contributed by atoms with Crippen LogP contribution in [0.1, 0.15) is 0 Å². The second-order valence-corrected chi connectivity index (χ2v) is 2.21. The Morgan fingerprint density at radius 3 is 1.44 bits per heavy atom. The maximum absolute atomic E-state index is 10.1. The third-order valence-electron chi connectivity index (χ3n) is 0.924. The zero-order valence-corrected chi connectivity index (χ0v) is 8.07. The second-order valence-electron chi connectivity index (χ2n) is 2.21. The fourth-order valence-corrected chi connectivity index (χ4v) is 0.468. The highest BCUT2D eigenvalue weighted by Gasteiger charge is 2.26. The lowest BCUT2D eigenvalue weighted by Crippen LogP contribution is -2.32. The Hall–Kier alpha value is -2.20. The number of carbonyl (C=O) groups is 2. The van der Waals surface area contributed by atoms with Gasteiger partial charge in [-0.15, -0.1) is 0 Å². The molecule has 2 atom stereocenters. The second kappa shape index (κ2) is 9.36. The summed E-state index contributed by atoms with van der Waals surface area (Å²) in [6.45, 7) is 0. The molecule has 0 spiro atoms. The molecule has 10 N–H and O–H groups in total. The quantitative estimate of drug-likeness (QED) is 0.215. The first kappa shape index (κ1) is 16.2. The first-order valence-electron chi connectivity index (χ1n) is 3.76. The van der Waals surface area contributed by atoms with Crippen LogP contribution in [0.3, 0.4) is 0 Å². The monoisotopic (exact) mass is 238 g/mol. The molecule has 0 aliphatic carbocycles. The highest BCUT2D eigenvalue weighted by Crippen LogP contribution is 1.91. The molecule has 1 rings (SSSR count). The van der Waals surface area contributed by atoms with Crippen LogP contribution in [0.4, 0.5) is 9.59 Å². The van der Waals surface area contributed by atoms with Crippen molar-refractivity contribution in [3.05, 3.63) is 12.5 Å². The summed E-state index contributed by atoms with van der Waals surface area (Å²) in [4.78, 5) is 19.1. The highest BCUT2D eigenvalue weighted by molar-refractivity contribution is 5.76. The van der Waals surface area contributed by atoms with Gasteiger partial charge in [-0.1, -0.05) is 0 Å². The molecule has 10 nitrogen and oxygen atoms in total. The van der Waals surface area contributed by atoms with Gasteiger partial charge in [0.1, 0.15) is 12.5 Å². The number of hydrogen-bond acceptors (Lipinski definition) is 6. The van der Waals surface area contributed by atoms with Crippen LogP contribution in [0.15, 0.2) is 12.5 Å². The SMILES string of the molecule is NC(N)=O.O=C1NC(O)C(O)N1.OC=CO. The number of urea groups is 2. The van der Waals surface area contributed by atoms with E-state index >= 15 is 0 Å². The Kier molecular flexibility index (Phi) is 9.50. The standard InChI is InChI=1S/C3H6N2O3.C2H4O2.CH4N2O/c6-1-2(7)5-3(8)4-1;3-1-2-4;2-1(3)4/h1-2,6-7H,(H2,4,5,8);1-4H;(H4,2,3,4). The van der Waals surface area contributed by atoms with Crippen molar-refractivity contribution in [2.24, 2.45) is 11.5 Å². The number of nitrogens with two attached hydrogens (primary N) is 2. The van der Waals surface area contributed by atoms with Gasteiger partial charge >= 0.3 is 12.1 Å². The third-order valence-corrected chi connectivity index (χ3v) is 0.924. The first-order valence-corrected chi connectivity index (χ1v) is 3.76. The third kappa shape index (κ3) is 11.8. The molecule has 94 valence electrons. The minimum Gasteiger partial charge on any atom is -0.512 e. The molecule has 1 aliphatic heterocycles. The van der Waals surface area contributed by atoms with E-state index in [4.69, 9.17) is 25.2 Å². The lowest BCUT2D eigenvalue weighted by atomic mass is 10.5. The number of primary amides is 2. The number of aliphatic hydroxyl groups excluding tert-OH is 4. The summed E-state index contributed by atoms with van der Waals surface area (Å²) >= 11 is 0. The molecule has 16 heavy (non-hydrogen) atoms. The Labute approximate surface area is 90.2 Å². The van der Waals surface area contributed by atoms with E-state index in [2.05, 4.69) is 11.5 Å². The van der Waals surface area contributed by atoms with Crippen molar-refractivity contribution >= 4 is 12.1 Å². The van der Waals surface area contributed by atoms with Crippen LogP contribution < -0.4 is 22.1 Å². The maximum Gasteiger partial charge on any atom is 0.319 e. The van der Waals surface area contributed by atoms with Gasteiger partial charge in [0.25, 0.3) is 0 Å².